The molecule has 0 bridgehead atoms. The Morgan fingerprint density at radius 1 is 1.03 bits per heavy atom. The van der Waals surface area contributed by atoms with Crippen LogP contribution in [0.25, 0.3) is 5.65 Å². The first-order valence-corrected chi connectivity index (χ1v) is 9.28. The number of para-hydroxylation sites is 1. The second-order valence-corrected chi connectivity index (χ2v) is 6.51. The molecular weight excluding hydrogens is 366 g/mol. The van der Waals surface area contributed by atoms with E-state index in [-0.39, 0.29) is 5.91 Å². The summed E-state index contributed by atoms with van der Waals surface area (Å²) < 4.78 is 13.1. The number of carbonyl (C=O) groups is 1. The minimum Gasteiger partial charge on any atom is -0.496 e. The molecule has 0 radical (unpaired) electrons. The highest BCUT2D eigenvalue weighted by atomic mass is 16.5. The van der Waals surface area contributed by atoms with Crippen LogP contribution >= 0.6 is 0 Å². The molecule has 0 unspecified atom stereocenters. The molecule has 29 heavy (non-hydrogen) atoms. The van der Waals surface area contributed by atoms with Crippen LogP contribution in [-0.4, -0.2) is 22.4 Å². The number of benzene rings is 2. The molecule has 0 fully saturated rings. The third-order valence-electron chi connectivity index (χ3n) is 4.55. The number of ether oxygens (including phenoxy) is 2. The summed E-state index contributed by atoms with van der Waals surface area (Å²) in [6, 6.07) is 20.5. The monoisotopic (exact) mass is 387 g/mol. The van der Waals surface area contributed by atoms with Gasteiger partial charge in [-0.3, -0.25) is 4.79 Å². The number of methoxy groups -OCH3 is 1. The van der Waals surface area contributed by atoms with E-state index in [1.165, 1.54) is 0 Å². The summed E-state index contributed by atoms with van der Waals surface area (Å²) in [6.07, 6.45) is 3.89. The lowest BCUT2D eigenvalue weighted by atomic mass is 10.1. The molecule has 0 saturated carbocycles. The maximum atomic E-state index is 12.4. The number of pyridine rings is 1. The first kappa shape index (κ1) is 18.6. The molecule has 2 aromatic heterocycles. The third kappa shape index (κ3) is 4.38. The molecule has 0 saturated heterocycles. The van der Waals surface area contributed by atoms with Crippen molar-refractivity contribution in [2.24, 2.45) is 0 Å². The van der Waals surface area contributed by atoms with Crippen molar-refractivity contribution in [3.05, 3.63) is 95.9 Å². The molecule has 6 nitrogen and oxygen atoms in total. The quantitative estimate of drug-likeness (QED) is 0.523. The van der Waals surface area contributed by atoms with Crippen molar-refractivity contribution in [2.45, 2.75) is 13.2 Å². The van der Waals surface area contributed by atoms with Crippen LogP contribution in [0.3, 0.4) is 0 Å². The molecular formula is C23H21N3O3. The molecule has 2 heterocycles. The van der Waals surface area contributed by atoms with Crippen molar-refractivity contribution in [2.75, 3.05) is 7.11 Å². The summed E-state index contributed by atoms with van der Waals surface area (Å²) in [5.41, 5.74) is 3.22. The van der Waals surface area contributed by atoms with Gasteiger partial charge in [-0.2, -0.15) is 0 Å². The fourth-order valence-corrected chi connectivity index (χ4v) is 3.04. The van der Waals surface area contributed by atoms with Crippen molar-refractivity contribution in [1.82, 2.24) is 14.7 Å². The Balaban J connectivity index is 1.34. The predicted molar refractivity (Wildman–Crippen MR) is 110 cm³/mol. The number of nitrogens with zero attached hydrogens (tertiary/aromatic N) is 2. The molecule has 0 aliphatic rings. The molecule has 2 aromatic carbocycles. The standard InChI is InChI=1S/C23H21N3O3/c1-28-21-7-3-2-6-18(21)14-24-23(27)17-9-11-20(12-10-17)29-16-19-15-26-13-5-4-8-22(26)25-19/h2-13,15H,14,16H2,1H3,(H,24,27). The fourth-order valence-electron chi connectivity index (χ4n) is 3.04. The highest BCUT2D eigenvalue weighted by Gasteiger charge is 2.08. The topological polar surface area (TPSA) is 64.9 Å². The molecule has 0 atom stereocenters. The maximum Gasteiger partial charge on any atom is 0.251 e. The summed E-state index contributed by atoms with van der Waals surface area (Å²) in [7, 11) is 1.62. The average molecular weight is 387 g/mol. The van der Waals surface area contributed by atoms with Crippen molar-refractivity contribution in [3.63, 3.8) is 0 Å². The smallest absolute Gasteiger partial charge is 0.251 e. The molecule has 0 aliphatic carbocycles. The molecule has 0 aliphatic heterocycles. The Bertz CT molecular complexity index is 1090. The molecule has 4 aromatic rings. The third-order valence-corrected chi connectivity index (χ3v) is 4.55. The van der Waals surface area contributed by atoms with Crippen LogP contribution in [-0.2, 0) is 13.2 Å². The summed E-state index contributed by atoms with van der Waals surface area (Å²) >= 11 is 0. The Kier molecular flexibility index (Phi) is 5.42. The lowest BCUT2D eigenvalue weighted by molar-refractivity contribution is 0.0950. The Labute approximate surface area is 168 Å². The van der Waals surface area contributed by atoms with Gasteiger partial charge in [-0.15, -0.1) is 0 Å². The Hall–Kier alpha value is -3.80. The van der Waals surface area contributed by atoms with Crippen LogP contribution in [0.2, 0.25) is 0 Å². The number of fused-ring (bicyclic) bond motifs is 1. The molecule has 1 amide bonds. The zero-order chi connectivity index (χ0) is 20.1. The van der Waals surface area contributed by atoms with Gasteiger partial charge < -0.3 is 19.2 Å². The van der Waals surface area contributed by atoms with Gasteiger partial charge in [-0.05, 0) is 42.5 Å². The van der Waals surface area contributed by atoms with Gasteiger partial charge in [-0.1, -0.05) is 24.3 Å². The number of nitrogens with one attached hydrogen (secondary N) is 1. The summed E-state index contributed by atoms with van der Waals surface area (Å²) in [6.45, 7) is 0.760. The van der Waals surface area contributed by atoms with Gasteiger partial charge in [0.25, 0.3) is 5.91 Å². The number of aromatic nitrogens is 2. The maximum absolute atomic E-state index is 12.4. The highest BCUT2D eigenvalue weighted by molar-refractivity contribution is 5.94. The summed E-state index contributed by atoms with van der Waals surface area (Å²) in [5.74, 6) is 1.29. The molecule has 146 valence electrons. The second-order valence-electron chi connectivity index (χ2n) is 6.51. The molecule has 6 heteroatoms. The summed E-state index contributed by atoms with van der Waals surface area (Å²) in [5, 5.41) is 2.91. The van der Waals surface area contributed by atoms with Crippen LogP contribution in [0.1, 0.15) is 21.6 Å². The van der Waals surface area contributed by atoms with E-state index in [0.717, 1.165) is 22.7 Å². The van der Waals surface area contributed by atoms with E-state index < -0.39 is 0 Å². The van der Waals surface area contributed by atoms with E-state index in [0.29, 0.717) is 24.5 Å². The zero-order valence-electron chi connectivity index (χ0n) is 16.0. The van der Waals surface area contributed by atoms with Gasteiger partial charge in [0.1, 0.15) is 23.8 Å². The minimum absolute atomic E-state index is 0.150. The zero-order valence-corrected chi connectivity index (χ0v) is 16.0. The number of hydrogen-bond acceptors (Lipinski definition) is 4. The second kappa shape index (κ2) is 8.48. The van der Waals surface area contributed by atoms with Gasteiger partial charge in [0.05, 0.1) is 12.8 Å². The predicted octanol–water partition coefficient (Wildman–Crippen LogP) is 3.85. The SMILES string of the molecule is COc1ccccc1CNC(=O)c1ccc(OCc2cn3ccccc3n2)cc1. The van der Waals surface area contributed by atoms with E-state index >= 15 is 0 Å². The van der Waals surface area contributed by atoms with Gasteiger partial charge in [0.2, 0.25) is 0 Å². The lowest BCUT2D eigenvalue weighted by Gasteiger charge is -2.10. The van der Waals surface area contributed by atoms with E-state index in [1.54, 1.807) is 31.4 Å². The fraction of sp³-hybridized carbons (Fsp3) is 0.130. The van der Waals surface area contributed by atoms with Crippen molar-refractivity contribution >= 4 is 11.6 Å². The number of imidazole rings is 1. The average Bonchev–Trinajstić information content (AvgIpc) is 3.19. The van der Waals surface area contributed by atoms with Crippen LogP contribution in [0.5, 0.6) is 11.5 Å². The first-order valence-electron chi connectivity index (χ1n) is 9.28. The Morgan fingerprint density at radius 3 is 2.62 bits per heavy atom. The van der Waals surface area contributed by atoms with Crippen molar-refractivity contribution < 1.29 is 14.3 Å². The normalized spacial score (nSPS) is 10.7. The van der Waals surface area contributed by atoms with Gasteiger partial charge in [0.15, 0.2) is 0 Å². The Morgan fingerprint density at radius 2 is 1.83 bits per heavy atom. The van der Waals surface area contributed by atoms with E-state index in [4.69, 9.17) is 9.47 Å². The van der Waals surface area contributed by atoms with Crippen LogP contribution in [0.15, 0.2) is 79.1 Å². The summed E-state index contributed by atoms with van der Waals surface area (Å²) in [4.78, 5) is 16.9. The lowest BCUT2D eigenvalue weighted by Crippen LogP contribution is -2.22. The number of rotatable bonds is 7. The number of carbonyl (C=O) groups excluding carboxylic acids is 1. The van der Waals surface area contributed by atoms with E-state index in [9.17, 15) is 4.79 Å². The first-order chi connectivity index (χ1) is 14.2. The largest absolute Gasteiger partial charge is 0.496 e. The van der Waals surface area contributed by atoms with Crippen LogP contribution in [0.4, 0.5) is 0 Å². The van der Waals surface area contributed by atoms with Crippen LogP contribution in [0, 0.1) is 0 Å². The molecule has 0 spiro atoms. The van der Waals surface area contributed by atoms with Crippen molar-refractivity contribution in [3.8, 4) is 11.5 Å². The number of amides is 1. The number of hydrogen-bond donors (Lipinski definition) is 1. The van der Waals surface area contributed by atoms with Crippen molar-refractivity contribution in [1.29, 1.82) is 0 Å². The van der Waals surface area contributed by atoms with E-state index in [1.807, 2.05) is 59.3 Å². The van der Waals surface area contributed by atoms with Crippen LogP contribution < -0.4 is 14.8 Å². The molecule has 1 N–H and O–H groups in total. The van der Waals surface area contributed by atoms with E-state index in [2.05, 4.69) is 10.3 Å². The minimum atomic E-state index is -0.150. The van der Waals surface area contributed by atoms with Gasteiger partial charge in [0, 0.05) is 30.1 Å². The van der Waals surface area contributed by atoms with Gasteiger partial charge >= 0.3 is 0 Å². The molecule has 4 rings (SSSR count). The highest BCUT2D eigenvalue weighted by Crippen LogP contribution is 2.18. The van der Waals surface area contributed by atoms with Gasteiger partial charge in [-0.25, -0.2) is 4.98 Å².